The fourth-order valence-corrected chi connectivity index (χ4v) is 3.56. The van der Waals surface area contributed by atoms with E-state index in [9.17, 15) is 22.4 Å². The highest BCUT2D eigenvalue weighted by molar-refractivity contribution is 6.30. The summed E-state index contributed by atoms with van der Waals surface area (Å²) in [5.74, 6) is -3.30. The first-order chi connectivity index (χ1) is 14.7. The second-order valence-electron chi connectivity index (χ2n) is 6.96. The normalized spacial score (nSPS) is 14.7. The summed E-state index contributed by atoms with van der Waals surface area (Å²) in [6, 6.07) is 11.9. The van der Waals surface area contributed by atoms with Gasteiger partial charge < -0.3 is 14.2 Å². The average molecular weight is 454 g/mol. The van der Waals surface area contributed by atoms with Crippen LogP contribution in [-0.2, 0) is 6.18 Å². The Morgan fingerprint density at radius 3 is 2.32 bits per heavy atom. The fourth-order valence-electron chi connectivity index (χ4n) is 3.37. The minimum Gasteiger partial charge on any atom is -0.427 e. The molecule has 5 nitrogen and oxygen atoms in total. The topological polar surface area (TPSA) is 49.6 Å². The molecule has 1 fully saturated rings. The largest absolute Gasteiger partial charge is 0.468 e. The molecule has 1 aromatic heterocycles. The van der Waals surface area contributed by atoms with Crippen molar-refractivity contribution in [1.29, 1.82) is 0 Å². The maximum Gasteiger partial charge on any atom is 0.468 e. The molecule has 0 saturated carbocycles. The Labute approximate surface area is 179 Å². The molecule has 1 aliphatic heterocycles. The molecule has 0 aliphatic carbocycles. The van der Waals surface area contributed by atoms with Crippen molar-refractivity contribution in [1.82, 2.24) is 9.88 Å². The van der Waals surface area contributed by atoms with Crippen molar-refractivity contribution in [3.8, 4) is 11.3 Å². The van der Waals surface area contributed by atoms with E-state index in [1.807, 2.05) is 17.0 Å². The standard InChI is InChI=1S/C21H16ClF4N3O2/c22-14-2-1-3-16(12-14)28-8-10-29(11-9-28)19(30)18-17(13-4-6-15(23)7-5-13)27-20(31-18)21(24,25)26/h1-7,12H,8-11H2. The van der Waals surface area contributed by atoms with E-state index in [4.69, 9.17) is 16.0 Å². The maximum atomic E-state index is 13.2. The minimum absolute atomic E-state index is 0.154. The zero-order valence-corrected chi connectivity index (χ0v) is 16.8. The first kappa shape index (κ1) is 21.2. The summed E-state index contributed by atoms with van der Waals surface area (Å²) in [4.78, 5) is 19.9. The van der Waals surface area contributed by atoms with Crippen molar-refractivity contribution >= 4 is 23.2 Å². The van der Waals surface area contributed by atoms with E-state index in [0.29, 0.717) is 18.1 Å². The van der Waals surface area contributed by atoms with Gasteiger partial charge in [0.15, 0.2) is 0 Å². The molecule has 10 heteroatoms. The molecule has 1 amide bonds. The lowest BCUT2D eigenvalue weighted by Gasteiger charge is -2.35. The van der Waals surface area contributed by atoms with E-state index < -0.39 is 29.6 Å². The van der Waals surface area contributed by atoms with Gasteiger partial charge in [-0.05, 0) is 42.5 Å². The van der Waals surface area contributed by atoms with Crippen molar-refractivity contribution in [2.24, 2.45) is 0 Å². The van der Waals surface area contributed by atoms with Crippen LogP contribution in [0.5, 0.6) is 0 Å². The summed E-state index contributed by atoms with van der Waals surface area (Å²) in [6.45, 7) is 1.49. The molecule has 4 rings (SSSR count). The van der Waals surface area contributed by atoms with Crippen LogP contribution in [0.15, 0.2) is 52.9 Å². The molecule has 1 saturated heterocycles. The number of alkyl halides is 3. The first-order valence-electron chi connectivity index (χ1n) is 9.36. The molecular weight excluding hydrogens is 438 g/mol. The second kappa shape index (κ2) is 8.22. The number of hydrogen-bond acceptors (Lipinski definition) is 4. The summed E-state index contributed by atoms with van der Waals surface area (Å²) in [5.41, 5.74) is 0.779. The lowest BCUT2D eigenvalue weighted by molar-refractivity contribution is -0.157. The van der Waals surface area contributed by atoms with Crippen LogP contribution in [0.25, 0.3) is 11.3 Å². The second-order valence-corrected chi connectivity index (χ2v) is 7.40. The number of aromatic nitrogens is 1. The number of carbonyl (C=O) groups is 1. The van der Waals surface area contributed by atoms with Crippen LogP contribution < -0.4 is 4.90 Å². The van der Waals surface area contributed by atoms with Gasteiger partial charge in [0.05, 0.1) is 0 Å². The highest BCUT2D eigenvalue weighted by Crippen LogP contribution is 2.34. The van der Waals surface area contributed by atoms with Gasteiger partial charge in [0.25, 0.3) is 5.91 Å². The number of benzene rings is 2. The molecule has 0 unspecified atom stereocenters. The van der Waals surface area contributed by atoms with E-state index in [1.165, 1.54) is 17.0 Å². The van der Waals surface area contributed by atoms with Crippen molar-refractivity contribution in [3.63, 3.8) is 0 Å². The Balaban J connectivity index is 1.58. The summed E-state index contributed by atoms with van der Waals surface area (Å²) >= 11 is 6.02. The first-order valence-corrected chi connectivity index (χ1v) is 9.74. The highest BCUT2D eigenvalue weighted by atomic mass is 35.5. The third kappa shape index (κ3) is 4.51. The number of carbonyl (C=O) groups excluding carboxylic acids is 1. The Hall–Kier alpha value is -3.07. The number of halogens is 5. The number of hydrogen-bond donors (Lipinski definition) is 0. The van der Waals surface area contributed by atoms with E-state index >= 15 is 0 Å². The maximum absolute atomic E-state index is 13.2. The predicted octanol–water partition coefficient (Wildman–Crippen LogP) is 5.12. The minimum atomic E-state index is -4.86. The third-order valence-corrected chi connectivity index (χ3v) is 5.16. The highest BCUT2D eigenvalue weighted by Gasteiger charge is 2.40. The van der Waals surface area contributed by atoms with Gasteiger partial charge in [-0.15, -0.1) is 0 Å². The molecule has 0 bridgehead atoms. The molecular formula is C21H16ClF4N3O2. The van der Waals surface area contributed by atoms with Gasteiger partial charge in [-0.3, -0.25) is 4.79 Å². The molecule has 162 valence electrons. The lowest BCUT2D eigenvalue weighted by atomic mass is 10.1. The van der Waals surface area contributed by atoms with Crippen molar-refractivity contribution in [2.45, 2.75) is 6.18 Å². The molecule has 3 aromatic rings. The van der Waals surface area contributed by atoms with Gasteiger partial charge in [-0.25, -0.2) is 9.37 Å². The molecule has 0 radical (unpaired) electrons. The van der Waals surface area contributed by atoms with Gasteiger partial charge in [0, 0.05) is 42.5 Å². The summed E-state index contributed by atoms with van der Waals surface area (Å²) in [6.07, 6.45) is -4.86. The summed E-state index contributed by atoms with van der Waals surface area (Å²) in [7, 11) is 0. The van der Waals surface area contributed by atoms with Gasteiger partial charge in [-0.2, -0.15) is 13.2 Å². The summed E-state index contributed by atoms with van der Waals surface area (Å²) in [5, 5.41) is 0.585. The zero-order chi connectivity index (χ0) is 22.2. The van der Waals surface area contributed by atoms with Gasteiger partial charge >= 0.3 is 12.1 Å². The van der Waals surface area contributed by atoms with Crippen LogP contribution in [0.4, 0.5) is 23.2 Å². The van der Waals surface area contributed by atoms with Crippen molar-refractivity contribution < 1.29 is 26.8 Å². The lowest BCUT2D eigenvalue weighted by Crippen LogP contribution is -2.48. The Morgan fingerprint density at radius 1 is 1.03 bits per heavy atom. The van der Waals surface area contributed by atoms with Crippen LogP contribution in [0.3, 0.4) is 0 Å². The van der Waals surface area contributed by atoms with E-state index in [1.54, 1.807) is 12.1 Å². The number of anilines is 1. The number of piperazine rings is 1. The van der Waals surface area contributed by atoms with Gasteiger partial charge in [0.1, 0.15) is 11.5 Å². The molecule has 1 aliphatic rings. The SMILES string of the molecule is O=C(c1oc(C(F)(F)F)nc1-c1ccc(F)cc1)N1CCN(c2cccc(Cl)c2)CC1. The number of oxazole rings is 1. The fraction of sp³-hybridized carbons (Fsp3) is 0.238. The molecule has 31 heavy (non-hydrogen) atoms. The van der Waals surface area contributed by atoms with Crippen LogP contribution in [0.2, 0.25) is 5.02 Å². The van der Waals surface area contributed by atoms with Crippen LogP contribution >= 0.6 is 11.6 Å². The molecule has 0 spiro atoms. The molecule has 2 heterocycles. The summed E-state index contributed by atoms with van der Waals surface area (Å²) < 4.78 is 57.6. The van der Waals surface area contributed by atoms with Gasteiger partial charge in [0.2, 0.25) is 5.76 Å². The quantitative estimate of drug-likeness (QED) is 0.517. The van der Waals surface area contributed by atoms with Crippen LogP contribution in [0, 0.1) is 5.82 Å². The Kier molecular flexibility index (Phi) is 5.62. The van der Waals surface area contributed by atoms with E-state index in [-0.39, 0.29) is 24.3 Å². The molecule has 2 aromatic carbocycles. The Morgan fingerprint density at radius 2 is 1.71 bits per heavy atom. The van der Waals surface area contributed by atoms with Crippen LogP contribution in [-0.4, -0.2) is 42.0 Å². The predicted molar refractivity (Wildman–Crippen MR) is 106 cm³/mol. The molecule has 0 atom stereocenters. The van der Waals surface area contributed by atoms with Crippen molar-refractivity contribution in [2.75, 3.05) is 31.1 Å². The van der Waals surface area contributed by atoms with Crippen molar-refractivity contribution in [3.05, 3.63) is 71.0 Å². The number of nitrogens with zero attached hydrogens (tertiary/aromatic N) is 3. The van der Waals surface area contributed by atoms with Crippen LogP contribution in [0.1, 0.15) is 16.4 Å². The van der Waals surface area contributed by atoms with Gasteiger partial charge in [-0.1, -0.05) is 17.7 Å². The number of rotatable bonds is 3. The molecule has 0 N–H and O–H groups in total. The Bertz CT molecular complexity index is 1090. The third-order valence-electron chi connectivity index (χ3n) is 4.92. The number of amides is 1. The zero-order valence-electron chi connectivity index (χ0n) is 16.0. The van der Waals surface area contributed by atoms with E-state index in [0.717, 1.165) is 17.8 Å². The monoisotopic (exact) mass is 453 g/mol. The smallest absolute Gasteiger partial charge is 0.427 e. The average Bonchev–Trinajstić information content (AvgIpc) is 3.20. The van der Waals surface area contributed by atoms with E-state index in [2.05, 4.69) is 4.98 Å².